The molecule has 0 bridgehead atoms. The van der Waals surface area contributed by atoms with Gasteiger partial charge < -0.3 is 5.32 Å². The van der Waals surface area contributed by atoms with Crippen LogP contribution < -0.4 is 5.32 Å². The molecule has 3 aliphatic carbocycles. The number of nitrogens with zero attached hydrogens (tertiary/aromatic N) is 1. The van der Waals surface area contributed by atoms with E-state index in [0.717, 1.165) is 24.3 Å². The number of amidine groups is 1. The summed E-state index contributed by atoms with van der Waals surface area (Å²) in [5.41, 5.74) is 0.427. The number of hydrogen-bond acceptors (Lipinski definition) is 2. The average Bonchev–Trinajstić information content (AvgIpc) is 3.33. The topological polar surface area (TPSA) is 24.4 Å². The fourth-order valence-electron chi connectivity index (χ4n) is 4.01. The van der Waals surface area contributed by atoms with Crippen LogP contribution in [-0.2, 0) is 0 Å². The maximum Gasteiger partial charge on any atom is 0.157 e. The molecule has 1 saturated heterocycles. The number of nitrogens with one attached hydrogen (secondary N) is 1. The summed E-state index contributed by atoms with van der Waals surface area (Å²) in [6, 6.07) is 0. The van der Waals surface area contributed by atoms with Crippen LogP contribution in [0.1, 0.15) is 57.8 Å². The van der Waals surface area contributed by atoms with Gasteiger partial charge in [0.05, 0.1) is 0 Å². The highest BCUT2D eigenvalue weighted by Crippen LogP contribution is 2.49. The van der Waals surface area contributed by atoms with E-state index in [9.17, 15) is 0 Å². The van der Waals surface area contributed by atoms with Crippen molar-refractivity contribution in [1.82, 2.24) is 5.32 Å². The van der Waals surface area contributed by atoms with E-state index in [1.54, 1.807) is 0 Å². The van der Waals surface area contributed by atoms with E-state index in [4.69, 9.17) is 4.99 Å². The number of aliphatic imine (C=N–C) groups is 1. The van der Waals surface area contributed by atoms with Gasteiger partial charge in [0, 0.05) is 17.8 Å². The normalized spacial score (nSPS) is 32.2. The lowest BCUT2D eigenvalue weighted by atomic mass is 9.83. The van der Waals surface area contributed by atoms with E-state index >= 15 is 0 Å². The summed E-state index contributed by atoms with van der Waals surface area (Å²) in [6.07, 6.45) is 12.9. The third-order valence-electron chi connectivity index (χ3n) is 5.57. The Kier molecular flexibility index (Phi) is 3.29. The number of thioether (sulfide) groups is 1. The average molecular weight is 278 g/mol. The van der Waals surface area contributed by atoms with Crippen molar-refractivity contribution in [2.45, 2.75) is 63.3 Å². The molecular weight excluding hydrogens is 252 g/mol. The summed E-state index contributed by atoms with van der Waals surface area (Å²) in [5, 5.41) is 5.06. The largest absolute Gasteiger partial charge is 0.359 e. The van der Waals surface area contributed by atoms with Gasteiger partial charge in [-0.1, -0.05) is 31.0 Å². The molecule has 0 radical (unpaired) electrons. The summed E-state index contributed by atoms with van der Waals surface area (Å²) in [7, 11) is 0. The Morgan fingerprint density at radius 1 is 1.11 bits per heavy atom. The zero-order valence-electron chi connectivity index (χ0n) is 11.9. The predicted octanol–water partition coefficient (Wildman–Crippen LogP) is 3.82. The van der Waals surface area contributed by atoms with E-state index in [-0.39, 0.29) is 0 Å². The van der Waals surface area contributed by atoms with Crippen molar-refractivity contribution in [2.75, 3.05) is 12.3 Å². The predicted molar refractivity (Wildman–Crippen MR) is 82.6 cm³/mol. The first-order valence-electron chi connectivity index (χ1n) is 8.30. The van der Waals surface area contributed by atoms with Crippen LogP contribution in [0.15, 0.2) is 4.99 Å². The van der Waals surface area contributed by atoms with Gasteiger partial charge in [-0.05, 0) is 56.3 Å². The Morgan fingerprint density at radius 2 is 1.79 bits per heavy atom. The van der Waals surface area contributed by atoms with Crippen LogP contribution in [-0.4, -0.2) is 23.0 Å². The van der Waals surface area contributed by atoms with Gasteiger partial charge in [0.1, 0.15) is 0 Å². The van der Waals surface area contributed by atoms with Gasteiger partial charge in [0.15, 0.2) is 5.17 Å². The van der Waals surface area contributed by atoms with Crippen molar-refractivity contribution in [3.63, 3.8) is 0 Å². The Hall–Kier alpha value is -0.180. The second-order valence-corrected chi connectivity index (χ2v) is 8.20. The standard InChI is InChI=1S/C16H26N2S/c1-2-8-16(9-3-1)11-19-15(18-16)17-10-14(12-4-5-12)13-6-7-13/h12-14H,1-11H2,(H,17,18). The monoisotopic (exact) mass is 278 g/mol. The molecule has 0 aromatic heterocycles. The van der Waals surface area contributed by atoms with Gasteiger partial charge in [-0.3, -0.25) is 4.99 Å². The molecule has 0 atom stereocenters. The second kappa shape index (κ2) is 4.98. The van der Waals surface area contributed by atoms with Crippen LogP contribution in [0.25, 0.3) is 0 Å². The Balaban J connectivity index is 1.35. The van der Waals surface area contributed by atoms with Crippen molar-refractivity contribution in [3.05, 3.63) is 0 Å². The van der Waals surface area contributed by atoms with Gasteiger partial charge >= 0.3 is 0 Å². The molecule has 2 nitrogen and oxygen atoms in total. The third kappa shape index (κ3) is 2.81. The Morgan fingerprint density at radius 3 is 2.42 bits per heavy atom. The minimum atomic E-state index is 0.427. The molecule has 0 amide bonds. The van der Waals surface area contributed by atoms with Crippen LogP contribution >= 0.6 is 11.8 Å². The fraction of sp³-hybridized carbons (Fsp3) is 0.938. The Bertz CT molecular complexity index is 353. The lowest BCUT2D eigenvalue weighted by molar-refractivity contribution is 0.303. The quantitative estimate of drug-likeness (QED) is 0.845. The molecule has 4 aliphatic rings. The molecule has 1 N–H and O–H groups in total. The van der Waals surface area contributed by atoms with Crippen LogP contribution in [0.4, 0.5) is 0 Å². The Labute approximate surface area is 121 Å². The molecular formula is C16H26N2S. The van der Waals surface area contributed by atoms with Gasteiger partial charge in [0.2, 0.25) is 0 Å². The lowest BCUT2D eigenvalue weighted by Crippen LogP contribution is -2.45. The molecule has 3 saturated carbocycles. The lowest BCUT2D eigenvalue weighted by Gasteiger charge is -2.32. The summed E-state index contributed by atoms with van der Waals surface area (Å²) >= 11 is 1.99. The molecule has 0 aromatic carbocycles. The smallest absolute Gasteiger partial charge is 0.157 e. The SMILES string of the molecule is C1CCC2(CC1)CSC(=NCC(C1CC1)C1CC1)N2. The second-order valence-electron chi connectivity index (χ2n) is 7.24. The van der Waals surface area contributed by atoms with Crippen molar-refractivity contribution in [2.24, 2.45) is 22.7 Å². The minimum Gasteiger partial charge on any atom is -0.359 e. The molecule has 1 aliphatic heterocycles. The molecule has 106 valence electrons. The summed E-state index contributed by atoms with van der Waals surface area (Å²) < 4.78 is 0. The van der Waals surface area contributed by atoms with Gasteiger partial charge in [-0.25, -0.2) is 0 Å². The summed E-state index contributed by atoms with van der Waals surface area (Å²) in [6.45, 7) is 1.11. The highest BCUT2D eigenvalue weighted by atomic mass is 32.2. The van der Waals surface area contributed by atoms with E-state index in [1.165, 1.54) is 68.7 Å². The van der Waals surface area contributed by atoms with Crippen LogP contribution in [0.2, 0.25) is 0 Å². The third-order valence-corrected chi connectivity index (χ3v) is 6.77. The fourth-order valence-corrected chi connectivity index (χ4v) is 5.24. The summed E-state index contributed by atoms with van der Waals surface area (Å²) in [4.78, 5) is 4.96. The first kappa shape index (κ1) is 12.6. The van der Waals surface area contributed by atoms with Crippen molar-refractivity contribution >= 4 is 16.9 Å². The maximum absolute atomic E-state index is 4.96. The maximum atomic E-state index is 4.96. The molecule has 3 heteroatoms. The first-order valence-corrected chi connectivity index (χ1v) is 9.29. The molecule has 4 rings (SSSR count). The van der Waals surface area contributed by atoms with E-state index in [2.05, 4.69) is 5.32 Å². The molecule has 1 spiro atoms. The highest BCUT2D eigenvalue weighted by Gasteiger charge is 2.42. The van der Waals surface area contributed by atoms with E-state index in [0.29, 0.717) is 5.54 Å². The number of rotatable bonds is 4. The van der Waals surface area contributed by atoms with Gasteiger partial charge in [-0.2, -0.15) is 0 Å². The summed E-state index contributed by atoms with van der Waals surface area (Å²) in [5.74, 6) is 4.26. The van der Waals surface area contributed by atoms with Gasteiger partial charge in [-0.15, -0.1) is 0 Å². The van der Waals surface area contributed by atoms with Crippen molar-refractivity contribution < 1.29 is 0 Å². The van der Waals surface area contributed by atoms with Gasteiger partial charge in [0.25, 0.3) is 0 Å². The zero-order valence-corrected chi connectivity index (χ0v) is 12.7. The first-order chi connectivity index (χ1) is 9.35. The van der Waals surface area contributed by atoms with Crippen LogP contribution in [0.5, 0.6) is 0 Å². The molecule has 4 fully saturated rings. The number of hydrogen-bond donors (Lipinski definition) is 1. The molecule has 0 unspecified atom stereocenters. The zero-order chi connectivity index (χ0) is 12.7. The highest BCUT2D eigenvalue weighted by molar-refractivity contribution is 8.14. The molecule has 19 heavy (non-hydrogen) atoms. The molecule has 1 heterocycles. The van der Waals surface area contributed by atoms with E-state index < -0.39 is 0 Å². The van der Waals surface area contributed by atoms with E-state index in [1.807, 2.05) is 11.8 Å². The minimum absolute atomic E-state index is 0.427. The van der Waals surface area contributed by atoms with Crippen LogP contribution in [0.3, 0.4) is 0 Å². The molecule has 0 aromatic rings. The van der Waals surface area contributed by atoms with Crippen LogP contribution in [0, 0.1) is 17.8 Å². The van der Waals surface area contributed by atoms with Crippen molar-refractivity contribution in [1.29, 1.82) is 0 Å². The van der Waals surface area contributed by atoms with Crippen molar-refractivity contribution in [3.8, 4) is 0 Å².